The van der Waals surface area contributed by atoms with Crippen molar-refractivity contribution in [2.24, 2.45) is 5.73 Å². The standard InChI is InChI=1S/C12H15IN3O/c1-3-10(14)12-15-11(16-17-12)9-4-5-13-7-8(2)6-9/h4-7,10H,3,14H2,1-2H3/q-1/t10-/m0/s1. The summed E-state index contributed by atoms with van der Waals surface area (Å²) < 4.78 is 9.63. The zero-order valence-corrected chi connectivity index (χ0v) is 12.0. The Labute approximate surface area is 111 Å². The molecule has 1 aliphatic rings. The van der Waals surface area contributed by atoms with Gasteiger partial charge in [-0.2, -0.15) is 0 Å². The summed E-state index contributed by atoms with van der Waals surface area (Å²) in [5.41, 5.74) is 8.10. The number of hydrogen-bond donors (Lipinski definition) is 1. The van der Waals surface area contributed by atoms with Crippen molar-refractivity contribution in [2.45, 2.75) is 26.3 Å². The SMILES string of the molecule is CC[C@H](N)c1nc(C2=CC(C)=C[I-]C=C2)no1. The zero-order chi connectivity index (χ0) is 12.3. The van der Waals surface area contributed by atoms with E-state index in [0.717, 1.165) is 12.0 Å². The van der Waals surface area contributed by atoms with Crippen LogP contribution in [-0.4, -0.2) is 10.1 Å². The van der Waals surface area contributed by atoms with E-state index in [1.165, 1.54) is 5.57 Å². The van der Waals surface area contributed by atoms with Gasteiger partial charge in [0.1, 0.15) is 0 Å². The number of rotatable bonds is 3. The van der Waals surface area contributed by atoms with Gasteiger partial charge in [0.05, 0.1) is 0 Å². The van der Waals surface area contributed by atoms with Crippen LogP contribution in [0.15, 0.2) is 30.4 Å². The maximum atomic E-state index is 5.86. The minimum atomic E-state index is -0.171. The van der Waals surface area contributed by atoms with Crippen molar-refractivity contribution in [3.63, 3.8) is 0 Å². The average Bonchev–Trinajstić information content (AvgIpc) is 2.72. The third kappa shape index (κ3) is 3.04. The summed E-state index contributed by atoms with van der Waals surface area (Å²) in [6.45, 7) is 4.09. The van der Waals surface area contributed by atoms with Gasteiger partial charge in [0, 0.05) is 0 Å². The Morgan fingerprint density at radius 1 is 1.53 bits per heavy atom. The van der Waals surface area contributed by atoms with Crippen LogP contribution in [0.25, 0.3) is 5.57 Å². The molecule has 1 aromatic heterocycles. The van der Waals surface area contributed by atoms with E-state index >= 15 is 0 Å². The topological polar surface area (TPSA) is 64.9 Å². The normalized spacial score (nSPS) is 17.8. The van der Waals surface area contributed by atoms with Crippen LogP contribution in [0.2, 0.25) is 0 Å². The van der Waals surface area contributed by atoms with Gasteiger partial charge >= 0.3 is 111 Å². The van der Waals surface area contributed by atoms with Crippen LogP contribution in [-0.2, 0) is 0 Å². The Morgan fingerprint density at radius 2 is 2.35 bits per heavy atom. The van der Waals surface area contributed by atoms with E-state index in [4.69, 9.17) is 10.3 Å². The molecule has 0 saturated heterocycles. The Bertz CT molecular complexity index is 488. The molecule has 4 nitrogen and oxygen atoms in total. The van der Waals surface area contributed by atoms with Crippen LogP contribution < -0.4 is 26.9 Å². The molecule has 0 fully saturated rings. The molecule has 0 aromatic carbocycles. The summed E-state index contributed by atoms with van der Waals surface area (Å²) in [6, 6.07) is -0.171. The molecule has 0 saturated carbocycles. The fourth-order valence-corrected chi connectivity index (χ4v) is 2.93. The molecular weight excluding hydrogens is 329 g/mol. The van der Waals surface area contributed by atoms with Gasteiger partial charge in [-0.3, -0.25) is 0 Å². The van der Waals surface area contributed by atoms with Gasteiger partial charge in [-0.15, -0.1) is 0 Å². The number of hydrogen-bond acceptors (Lipinski definition) is 4. The van der Waals surface area contributed by atoms with Crippen molar-refractivity contribution in [3.8, 4) is 0 Å². The first-order valence-corrected chi connectivity index (χ1v) is 7.96. The molecule has 1 aromatic rings. The maximum absolute atomic E-state index is 5.86. The number of allylic oxidation sites excluding steroid dienone is 4. The Kier molecular flexibility index (Phi) is 4.11. The first kappa shape index (κ1) is 12.5. The van der Waals surface area contributed by atoms with Crippen LogP contribution in [0, 0.1) is 0 Å². The molecule has 1 atom stereocenters. The molecule has 5 heteroatoms. The van der Waals surface area contributed by atoms with Gasteiger partial charge in [-0.25, -0.2) is 0 Å². The van der Waals surface area contributed by atoms with Crippen LogP contribution in [0.4, 0.5) is 0 Å². The second-order valence-corrected chi connectivity index (χ2v) is 5.90. The third-order valence-electron chi connectivity index (χ3n) is 2.39. The van der Waals surface area contributed by atoms with E-state index in [-0.39, 0.29) is 27.2 Å². The molecule has 0 bridgehead atoms. The summed E-state index contributed by atoms with van der Waals surface area (Å²) in [7, 11) is 0. The van der Waals surface area contributed by atoms with Crippen molar-refractivity contribution >= 4 is 5.57 Å². The van der Waals surface area contributed by atoms with Crippen LogP contribution in [0.1, 0.15) is 38.0 Å². The van der Waals surface area contributed by atoms with Gasteiger partial charge < -0.3 is 0 Å². The minimum absolute atomic E-state index is 0.0131. The van der Waals surface area contributed by atoms with Crippen molar-refractivity contribution in [1.82, 2.24) is 10.1 Å². The molecule has 2 heterocycles. The van der Waals surface area contributed by atoms with Gasteiger partial charge in [0.25, 0.3) is 0 Å². The van der Waals surface area contributed by atoms with E-state index in [2.05, 4.69) is 37.4 Å². The number of halogens is 1. The summed E-state index contributed by atoms with van der Waals surface area (Å²) in [6.07, 6.45) is 4.93. The fourth-order valence-electron chi connectivity index (χ4n) is 1.38. The van der Waals surface area contributed by atoms with Crippen LogP contribution in [0.5, 0.6) is 0 Å². The number of aromatic nitrogens is 2. The summed E-state index contributed by atoms with van der Waals surface area (Å²) in [4.78, 5) is 4.34. The second kappa shape index (κ2) is 5.59. The van der Waals surface area contributed by atoms with E-state index in [9.17, 15) is 0 Å². The molecule has 2 N–H and O–H groups in total. The summed E-state index contributed by atoms with van der Waals surface area (Å²) in [5.74, 6) is 1.14. The number of nitrogens with two attached hydrogens (primary N) is 1. The summed E-state index contributed by atoms with van der Waals surface area (Å²) in [5, 5.41) is 3.98. The Balaban J connectivity index is 2.28. The van der Waals surface area contributed by atoms with Crippen molar-refractivity contribution in [3.05, 3.63) is 37.6 Å². The van der Waals surface area contributed by atoms with Gasteiger partial charge in [0.15, 0.2) is 0 Å². The van der Waals surface area contributed by atoms with Crippen LogP contribution in [0.3, 0.4) is 0 Å². The van der Waals surface area contributed by atoms with Crippen molar-refractivity contribution in [2.75, 3.05) is 0 Å². The van der Waals surface area contributed by atoms with Gasteiger partial charge in [-0.05, 0) is 0 Å². The predicted octanol–water partition coefficient (Wildman–Crippen LogP) is -0.617. The fraction of sp³-hybridized carbons (Fsp3) is 0.333. The molecule has 1 aliphatic heterocycles. The number of nitrogens with zero attached hydrogens (tertiary/aromatic N) is 2. The first-order valence-electron chi connectivity index (χ1n) is 5.47. The molecule has 17 heavy (non-hydrogen) atoms. The Morgan fingerprint density at radius 3 is 3.12 bits per heavy atom. The van der Waals surface area contributed by atoms with Gasteiger partial charge in [-0.1, -0.05) is 0 Å². The van der Waals surface area contributed by atoms with E-state index < -0.39 is 0 Å². The van der Waals surface area contributed by atoms with E-state index in [1.54, 1.807) is 0 Å². The summed E-state index contributed by atoms with van der Waals surface area (Å²) >= 11 is 0.0131. The molecular formula is C12H15IN3O-. The predicted molar refractivity (Wildman–Crippen MR) is 62.4 cm³/mol. The molecule has 2 rings (SSSR count). The Hall–Kier alpha value is -0.950. The van der Waals surface area contributed by atoms with Crippen molar-refractivity contribution < 1.29 is 25.7 Å². The molecule has 0 unspecified atom stereocenters. The molecule has 0 spiro atoms. The van der Waals surface area contributed by atoms with E-state index in [1.807, 2.05) is 6.92 Å². The van der Waals surface area contributed by atoms with Gasteiger partial charge in [0.2, 0.25) is 0 Å². The second-order valence-electron chi connectivity index (χ2n) is 3.84. The van der Waals surface area contributed by atoms with Crippen LogP contribution >= 0.6 is 0 Å². The molecule has 0 amide bonds. The molecule has 92 valence electrons. The van der Waals surface area contributed by atoms with E-state index in [0.29, 0.717) is 11.7 Å². The molecule has 0 aliphatic carbocycles. The zero-order valence-electron chi connectivity index (χ0n) is 9.85. The molecule has 0 radical (unpaired) electrons. The van der Waals surface area contributed by atoms with Crippen molar-refractivity contribution in [1.29, 1.82) is 0 Å². The quantitative estimate of drug-likeness (QED) is 0.743. The average molecular weight is 344 g/mol. The third-order valence-corrected chi connectivity index (χ3v) is 4.51. The first-order chi connectivity index (χ1) is 8.20. The monoisotopic (exact) mass is 344 g/mol.